The summed E-state index contributed by atoms with van der Waals surface area (Å²) in [7, 11) is 1.73. The van der Waals surface area contributed by atoms with Crippen LogP contribution in [-0.2, 0) is 19.1 Å². The third-order valence-corrected chi connectivity index (χ3v) is 3.17. The number of methoxy groups -OCH3 is 1. The van der Waals surface area contributed by atoms with Crippen LogP contribution >= 0.6 is 0 Å². The number of unbranched alkanes of at least 4 members (excludes halogenated alkanes) is 6. The van der Waals surface area contributed by atoms with E-state index in [0.29, 0.717) is 19.4 Å². The first-order valence-electron chi connectivity index (χ1n) is 7.81. The Morgan fingerprint density at radius 2 is 1.30 bits per heavy atom. The van der Waals surface area contributed by atoms with E-state index in [9.17, 15) is 9.59 Å². The van der Waals surface area contributed by atoms with Gasteiger partial charge in [-0.1, -0.05) is 25.7 Å². The van der Waals surface area contributed by atoms with Crippen molar-refractivity contribution in [1.82, 2.24) is 0 Å². The van der Waals surface area contributed by atoms with Crippen molar-refractivity contribution in [3.8, 4) is 0 Å². The average molecular weight is 286 g/mol. The average Bonchev–Trinajstić information content (AvgIpc) is 2.41. The van der Waals surface area contributed by atoms with Gasteiger partial charge in [-0.25, -0.2) is 0 Å². The van der Waals surface area contributed by atoms with E-state index in [1.165, 1.54) is 19.3 Å². The quantitative estimate of drug-likeness (QED) is 0.361. The van der Waals surface area contributed by atoms with Gasteiger partial charge in [-0.15, -0.1) is 0 Å². The van der Waals surface area contributed by atoms with Crippen LogP contribution < -0.4 is 0 Å². The molecule has 0 aromatic heterocycles. The van der Waals surface area contributed by atoms with Gasteiger partial charge in [0, 0.05) is 26.6 Å². The molecule has 0 N–H and O–H groups in total. The summed E-state index contributed by atoms with van der Waals surface area (Å²) in [5.41, 5.74) is 0. The molecule has 0 saturated heterocycles. The lowest BCUT2D eigenvalue weighted by Crippen LogP contribution is -2.06. The van der Waals surface area contributed by atoms with E-state index in [2.05, 4.69) is 0 Å². The number of Topliss-reactive ketones (excluding diaryl/α,β-unsaturated/α-hetero) is 1. The lowest BCUT2D eigenvalue weighted by Gasteiger charge is -2.05. The van der Waals surface area contributed by atoms with E-state index in [1.54, 1.807) is 14.0 Å². The fraction of sp³-hybridized carbons (Fsp3) is 0.875. The molecule has 0 heterocycles. The monoisotopic (exact) mass is 286 g/mol. The van der Waals surface area contributed by atoms with Gasteiger partial charge >= 0.3 is 5.97 Å². The Morgan fingerprint density at radius 1 is 0.750 bits per heavy atom. The highest BCUT2D eigenvalue weighted by Crippen LogP contribution is 2.06. The minimum Gasteiger partial charge on any atom is -0.466 e. The molecule has 0 radical (unpaired) electrons. The normalized spacial score (nSPS) is 10.5. The summed E-state index contributed by atoms with van der Waals surface area (Å²) in [5.74, 6) is 0.0533. The van der Waals surface area contributed by atoms with Crippen LogP contribution in [0.2, 0.25) is 0 Å². The standard InChI is InChI=1S/C16H30O4/c1-15(17)11-7-8-12-16(18)20-14-10-6-4-3-5-9-13-19-2/h3-14H2,1-2H3. The number of hydrogen-bond acceptors (Lipinski definition) is 4. The fourth-order valence-electron chi connectivity index (χ4n) is 1.96. The summed E-state index contributed by atoms with van der Waals surface area (Å²) < 4.78 is 10.1. The smallest absolute Gasteiger partial charge is 0.305 e. The Kier molecular flexibility index (Phi) is 13.9. The fourth-order valence-corrected chi connectivity index (χ4v) is 1.96. The number of hydrogen-bond donors (Lipinski definition) is 0. The van der Waals surface area contributed by atoms with E-state index in [1.807, 2.05) is 0 Å². The van der Waals surface area contributed by atoms with Gasteiger partial charge in [-0.05, 0) is 32.6 Å². The Morgan fingerprint density at radius 3 is 1.90 bits per heavy atom. The van der Waals surface area contributed by atoms with E-state index in [4.69, 9.17) is 9.47 Å². The highest BCUT2D eigenvalue weighted by Gasteiger charge is 2.03. The molecule has 4 heteroatoms. The molecule has 0 bridgehead atoms. The maximum absolute atomic E-state index is 11.4. The lowest BCUT2D eigenvalue weighted by molar-refractivity contribution is -0.144. The van der Waals surface area contributed by atoms with Crippen LogP contribution in [-0.4, -0.2) is 32.1 Å². The topological polar surface area (TPSA) is 52.6 Å². The predicted octanol–water partition coefficient (Wildman–Crippen LogP) is 3.67. The highest BCUT2D eigenvalue weighted by molar-refractivity contribution is 5.75. The second-order valence-corrected chi connectivity index (χ2v) is 5.24. The van der Waals surface area contributed by atoms with E-state index < -0.39 is 0 Å². The van der Waals surface area contributed by atoms with Crippen molar-refractivity contribution in [1.29, 1.82) is 0 Å². The molecular weight excluding hydrogens is 256 g/mol. The molecule has 0 spiro atoms. The van der Waals surface area contributed by atoms with Gasteiger partial charge < -0.3 is 14.3 Å². The van der Waals surface area contributed by atoms with Crippen LogP contribution in [0, 0.1) is 0 Å². The highest BCUT2D eigenvalue weighted by atomic mass is 16.5. The Labute approximate surface area is 123 Å². The minimum absolute atomic E-state index is 0.131. The number of rotatable bonds is 14. The van der Waals surface area contributed by atoms with Crippen LogP contribution in [0.3, 0.4) is 0 Å². The SMILES string of the molecule is COCCCCCCCCOC(=O)CCCCC(C)=O. The maximum Gasteiger partial charge on any atom is 0.305 e. The largest absolute Gasteiger partial charge is 0.466 e. The summed E-state index contributed by atoms with van der Waals surface area (Å²) in [6, 6.07) is 0. The molecule has 0 fully saturated rings. The zero-order valence-corrected chi connectivity index (χ0v) is 13.1. The van der Waals surface area contributed by atoms with Gasteiger partial charge in [-0.2, -0.15) is 0 Å². The van der Waals surface area contributed by atoms with Crippen molar-refractivity contribution in [3.05, 3.63) is 0 Å². The Hall–Kier alpha value is -0.900. The zero-order valence-electron chi connectivity index (χ0n) is 13.1. The predicted molar refractivity (Wildman–Crippen MR) is 79.7 cm³/mol. The number of carbonyl (C=O) groups excluding carboxylic acids is 2. The summed E-state index contributed by atoms with van der Waals surface area (Å²) in [6.07, 6.45) is 9.36. The van der Waals surface area contributed by atoms with Crippen molar-refractivity contribution < 1.29 is 19.1 Å². The van der Waals surface area contributed by atoms with Crippen molar-refractivity contribution >= 4 is 11.8 Å². The molecular formula is C16H30O4. The van der Waals surface area contributed by atoms with Crippen molar-refractivity contribution in [3.63, 3.8) is 0 Å². The second kappa shape index (κ2) is 14.5. The molecule has 0 aliphatic heterocycles. The summed E-state index contributed by atoms with van der Waals surface area (Å²) in [5, 5.41) is 0. The van der Waals surface area contributed by atoms with Crippen molar-refractivity contribution in [2.75, 3.05) is 20.3 Å². The number of carbonyl (C=O) groups is 2. The number of ketones is 1. The zero-order chi connectivity index (χ0) is 15.1. The molecule has 0 saturated carbocycles. The van der Waals surface area contributed by atoms with Crippen LogP contribution in [0.15, 0.2) is 0 Å². The first kappa shape index (κ1) is 19.1. The van der Waals surface area contributed by atoms with Gasteiger partial charge in [0.2, 0.25) is 0 Å². The first-order valence-corrected chi connectivity index (χ1v) is 7.81. The van der Waals surface area contributed by atoms with Gasteiger partial charge in [0.15, 0.2) is 0 Å². The molecule has 4 nitrogen and oxygen atoms in total. The van der Waals surface area contributed by atoms with E-state index in [-0.39, 0.29) is 11.8 Å². The molecule has 20 heavy (non-hydrogen) atoms. The van der Waals surface area contributed by atoms with Crippen molar-refractivity contribution in [2.24, 2.45) is 0 Å². The van der Waals surface area contributed by atoms with Gasteiger partial charge in [-0.3, -0.25) is 4.79 Å². The van der Waals surface area contributed by atoms with E-state index in [0.717, 1.165) is 38.7 Å². The van der Waals surface area contributed by atoms with Crippen molar-refractivity contribution in [2.45, 2.75) is 71.1 Å². The molecule has 0 aliphatic rings. The maximum atomic E-state index is 11.4. The number of esters is 1. The minimum atomic E-state index is -0.131. The summed E-state index contributed by atoms with van der Waals surface area (Å²) >= 11 is 0. The molecule has 0 amide bonds. The third-order valence-electron chi connectivity index (χ3n) is 3.17. The molecule has 0 aromatic rings. The molecule has 0 rings (SSSR count). The van der Waals surface area contributed by atoms with E-state index >= 15 is 0 Å². The van der Waals surface area contributed by atoms with Crippen LogP contribution in [0.25, 0.3) is 0 Å². The summed E-state index contributed by atoms with van der Waals surface area (Å²) in [4.78, 5) is 22.1. The molecule has 0 aromatic carbocycles. The molecule has 118 valence electrons. The summed E-state index contributed by atoms with van der Waals surface area (Å²) in [6.45, 7) is 2.96. The van der Waals surface area contributed by atoms with Gasteiger partial charge in [0.25, 0.3) is 0 Å². The van der Waals surface area contributed by atoms with Gasteiger partial charge in [0.05, 0.1) is 6.61 Å². The Balaban J connectivity index is 3.17. The third kappa shape index (κ3) is 15.2. The Bertz CT molecular complexity index is 251. The number of ether oxygens (including phenoxy) is 2. The van der Waals surface area contributed by atoms with Crippen LogP contribution in [0.1, 0.15) is 71.1 Å². The first-order chi connectivity index (χ1) is 9.66. The van der Waals surface area contributed by atoms with Gasteiger partial charge in [0.1, 0.15) is 5.78 Å². The van der Waals surface area contributed by atoms with Crippen LogP contribution in [0.5, 0.6) is 0 Å². The molecule has 0 atom stereocenters. The second-order valence-electron chi connectivity index (χ2n) is 5.24. The lowest BCUT2D eigenvalue weighted by atomic mass is 10.1. The molecule has 0 unspecified atom stereocenters. The molecule has 0 aliphatic carbocycles. The van der Waals surface area contributed by atoms with Crippen LogP contribution in [0.4, 0.5) is 0 Å².